The Hall–Kier alpha value is -2.07. The smallest absolute Gasteiger partial charge is 0.130 e. The lowest BCUT2D eigenvalue weighted by atomic mass is 10.2. The number of nitrogen functional groups attached to an aromatic ring is 1. The number of ether oxygens (including phenoxy) is 1. The molecule has 2 heterocycles. The zero-order chi connectivity index (χ0) is 12.4. The van der Waals surface area contributed by atoms with Gasteiger partial charge in [-0.15, -0.1) is 11.3 Å². The second-order valence-electron chi connectivity index (χ2n) is 3.95. The highest BCUT2D eigenvalue weighted by Crippen LogP contribution is 2.26. The first-order valence-corrected chi connectivity index (χ1v) is 6.50. The maximum absolute atomic E-state index is 5.83. The minimum atomic E-state index is 0.584. The molecule has 0 aliphatic heterocycles. The minimum Gasteiger partial charge on any atom is -0.487 e. The van der Waals surface area contributed by atoms with Crippen LogP contribution >= 0.6 is 11.3 Å². The normalized spacial score (nSPS) is 10.7. The highest BCUT2D eigenvalue weighted by molar-refractivity contribution is 7.09. The topological polar surface area (TPSA) is 48.1 Å². The number of fused-ring (bicyclic) bond motifs is 1. The molecule has 0 aliphatic carbocycles. The van der Waals surface area contributed by atoms with Crippen LogP contribution < -0.4 is 10.5 Å². The van der Waals surface area contributed by atoms with E-state index in [0.29, 0.717) is 12.3 Å². The molecule has 0 fully saturated rings. The summed E-state index contributed by atoms with van der Waals surface area (Å²) in [6.07, 6.45) is 1.74. The van der Waals surface area contributed by atoms with Crippen LogP contribution in [0.4, 0.5) is 5.69 Å². The van der Waals surface area contributed by atoms with E-state index in [2.05, 4.69) is 11.1 Å². The predicted molar refractivity (Wildman–Crippen MR) is 74.8 cm³/mol. The number of aromatic nitrogens is 1. The number of hydrogen-bond donors (Lipinski definition) is 1. The van der Waals surface area contributed by atoms with E-state index >= 15 is 0 Å². The van der Waals surface area contributed by atoms with Crippen LogP contribution in [0.5, 0.6) is 5.75 Å². The van der Waals surface area contributed by atoms with Gasteiger partial charge in [-0.2, -0.15) is 0 Å². The number of pyridine rings is 1. The van der Waals surface area contributed by atoms with Crippen molar-refractivity contribution >= 4 is 27.9 Å². The summed E-state index contributed by atoms with van der Waals surface area (Å²) in [5.41, 5.74) is 7.32. The molecule has 0 saturated carbocycles. The Kier molecular flexibility index (Phi) is 2.86. The Bertz CT molecular complexity index is 665. The van der Waals surface area contributed by atoms with Gasteiger partial charge >= 0.3 is 0 Å². The summed E-state index contributed by atoms with van der Waals surface area (Å²) in [6, 6.07) is 11.6. The molecule has 0 unspecified atom stereocenters. The molecular formula is C14H12N2OS. The van der Waals surface area contributed by atoms with Crippen LogP contribution in [0.1, 0.15) is 4.88 Å². The highest BCUT2D eigenvalue weighted by atomic mass is 32.1. The second-order valence-corrected chi connectivity index (χ2v) is 4.99. The highest BCUT2D eigenvalue weighted by Gasteiger charge is 2.04. The van der Waals surface area contributed by atoms with E-state index in [0.717, 1.165) is 16.7 Å². The molecule has 0 bridgehead atoms. The van der Waals surface area contributed by atoms with E-state index in [1.54, 1.807) is 17.5 Å². The first-order valence-electron chi connectivity index (χ1n) is 5.62. The molecule has 1 aromatic carbocycles. The van der Waals surface area contributed by atoms with Crippen LogP contribution in [0.3, 0.4) is 0 Å². The first-order chi connectivity index (χ1) is 8.83. The molecule has 4 heteroatoms. The monoisotopic (exact) mass is 256 g/mol. The van der Waals surface area contributed by atoms with Crippen LogP contribution in [0.15, 0.2) is 48.0 Å². The average molecular weight is 256 g/mol. The Balaban J connectivity index is 1.92. The predicted octanol–water partition coefficient (Wildman–Crippen LogP) is 3.46. The van der Waals surface area contributed by atoms with E-state index < -0.39 is 0 Å². The SMILES string of the molecule is Nc1ccc2c(OCc3cccs3)ccnc2c1. The van der Waals surface area contributed by atoms with E-state index in [1.807, 2.05) is 35.7 Å². The number of nitrogens with zero attached hydrogens (tertiary/aromatic N) is 1. The maximum Gasteiger partial charge on any atom is 0.130 e. The largest absolute Gasteiger partial charge is 0.487 e. The second kappa shape index (κ2) is 4.66. The molecule has 0 saturated heterocycles. The third-order valence-corrected chi connectivity index (χ3v) is 3.53. The van der Waals surface area contributed by atoms with E-state index in [9.17, 15) is 0 Å². The van der Waals surface area contributed by atoms with Crippen LogP contribution in [-0.2, 0) is 6.61 Å². The van der Waals surface area contributed by atoms with Gasteiger partial charge in [0.05, 0.1) is 5.52 Å². The Morgan fingerprint density at radius 1 is 1.22 bits per heavy atom. The van der Waals surface area contributed by atoms with Crippen LogP contribution in [0.25, 0.3) is 10.9 Å². The Labute approximate surface area is 109 Å². The van der Waals surface area contributed by atoms with E-state index in [1.165, 1.54) is 4.88 Å². The summed E-state index contributed by atoms with van der Waals surface area (Å²) in [4.78, 5) is 5.49. The van der Waals surface area contributed by atoms with E-state index in [4.69, 9.17) is 10.5 Å². The molecule has 3 nitrogen and oxygen atoms in total. The van der Waals surface area contributed by atoms with Gasteiger partial charge in [0.2, 0.25) is 0 Å². The fourth-order valence-corrected chi connectivity index (χ4v) is 2.42. The van der Waals surface area contributed by atoms with Crippen molar-refractivity contribution in [1.29, 1.82) is 0 Å². The van der Waals surface area contributed by atoms with Crippen molar-refractivity contribution in [1.82, 2.24) is 4.98 Å². The summed E-state index contributed by atoms with van der Waals surface area (Å²) in [6.45, 7) is 0.584. The Morgan fingerprint density at radius 3 is 3.00 bits per heavy atom. The minimum absolute atomic E-state index is 0.584. The van der Waals surface area contributed by atoms with Crippen molar-refractivity contribution in [2.24, 2.45) is 0 Å². The third kappa shape index (κ3) is 2.15. The lowest BCUT2D eigenvalue weighted by Crippen LogP contribution is -1.95. The van der Waals surface area contributed by atoms with Gasteiger partial charge in [0.25, 0.3) is 0 Å². The molecule has 0 radical (unpaired) electrons. The third-order valence-electron chi connectivity index (χ3n) is 2.68. The number of benzene rings is 1. The summed E-state index contributed by atoms with van der Waals surface area (Å²) in [5.74, 6) is 0.841. The number of rotatable bonds is 3. The maximum atomic E-state index is 5.83. The summed E-state index contributed by atoms with van der Waals surface area (Å²) >= 11 is 1.69. The standard InChI is InChI=1S/C14H12N2OS/c15-10-3-4-12-13(8-10)16-6-5-14(12)17-9-11-2-1-7-18-11/h1-8H,9,15H2. The number of hydrogen-bond acceptors (Lipinski definition) is 4. The van der Waals surface area contributed by atoms with Gasteiger partial charge in [-0.3, -0.25) is 4.98 Å². The molecule has 0 spiro atoms. The lowest BCUT2D eigenvalue weighted by molar-refractivity contribution is 0.313. The fourth-order valence-electron chi connectivity index (χ4n) is 1.81. The summed E-state index contributed by atoms with van der Waals surface area (Å²) in [5, 5.41) is 3.03. The molecule has 2 aromatic heterocycles. The average Bonchev–Trinajstić information content (AvgIpc) is 2.89. The van der Waals surface area contributed by atoms with Gasteiger partial charge < -0.3 is 10.5 Å². The van der Waals surface area contributed by atoms with Crippen molar-refractivity contribution in [2.45, 2.75) is 6.61 Å². The summed E-state index contributed by atoms with van der Waals surface area (Å²) in [7, 11) is 0. The number of anilines is 1. The van der Waals surface area contributed by atoms with Crippen molar-refractivity contribution in [3.05, 3.63) is 52.9 Å². The van der Waals surface area contributed by atoms with Crippen LogP contribution in [0, 0.1) is 0 Å². The molecule has 3 rings (SSSR count). The molecule has 90 valence electrons. The molecule has 18 heavy (non-hydrogen) atoms. The van der Waals surface area contributed by atoms with Crippen molar-refractivity contribution < 1.29 is 4.74 Å². The fraction of sp³-hybridized carbons (Fsp3) is 0.0714. The van der Waals surface area contributed by atoms with Gasteiger partial charge in [-0.05, 0) is 35.7 Å². The van der Waals surface area contributed by atoms with Gasteiger partial charge in [0.15, 0.2) is 0 Å². The zero-order valence-corrected chi connectivity index (χ0v) is 10.5. The van der Waals surface area contributed by atoms with Crippen molar-refractivity contribution in [3.8, 4) is 5.75 Å². The summed E-state index contributed by atoms with van der Waals surface area (Å²) < 4.78 is 5.83. The molecule has 0 atom stereocenters. The van der Waals surface area contributed by atoms with Gasteiger partial charge in [0.1, 0.15) is 12.4 Å². The van der Waals surface area contributed by atoms with E-state index in [-0.39, 0.29) is 0 Å². The van der Waals surface area contributed by atoms with Crippen molar-refractivity contribution in [2.75, 3.05) is 5.73 Å². The van der Waals surface area contributed by atoms with Crippen LogP contribution in [-0.4, -0.2) is 4.98 Å². The van der Waals surface area contributed by atoms with Crippen LogP contribution in [0.2, 0.25) is 0 Å². The molecule has 0 amide bonds. The first kappa shape index (κ1) is 11.0. The molecule has 0 aliphatic rings. The lowest BCUT2D eigenvalue weighted by Gasteiger charge is -2.08. The molecule has 3 aromatic rings. The number of nitrogens with two attached hydrogens (primary N) is 1. The van der Waals surface area contributed by atoms with Gasteiger partial charge in [0, 0.05) is 22.1 Å². The van der Waals surface area contributed by atoms with Gasteiger partial charge in [-0.25, -0.2) is 0 Å². The molecule has 2 N–H and O–H groups in total. The van der Waals surface area contributed by atoms with Crippen molar-refractivity contribution in [3.63, 3.8) is 0 Å². The number of thiophene rings is 1. The van der Waals surface area contributed by atoms with Gasteiger partial charge in [-0.1, -0.05) is 6.07 Å². The zero-order valence-electron chi connectivity index (χ0n) is 9.67. The quantitative estimate of drug-likeness (QED) is 0.730. The molecular weight excluding hydrogens is 244 g/mol. The Morgan fingerprint density at radius 2 is 2.17 bits per heavy atom.